The van der Waals surface area contributed by atoms with Gasteiger partial charge in [0.15, 0.2) is 0 Å². The second kappa shape index (κ2) is 6.81. The zero-order chi connectivity index (χ0) is 17.2. The van der Waals surface area contributed by atoms with E-state index in [2.05, 4.69) is 21.7 Å². The minimum absolute atomic E-state index is 0.0155. The van der Waals surface area contributed by atoms with Gasteiger partial charge in [-0.25, -0.2) is 8.78 Å². The largest absolute Gasteiger partial charge is 0.350 e. The topological polar surface area (TPSA) is 8.17 Å². The molecule has 0 radical (unpaired) electrons. The number of rotatable bonds is 3. The van der Waals surface area contributed by atoms with Gasteiger partial charge in [-0.3, -0.25) is 4.90 Å². The van der Waals surface area contributed by atoms with Crippen LogP contribution in [0.1, 0.15) is 29.3 Å². The van der Waals surface area contributed by atoms with Crippen molar-refractivity contribution in [2.24, 2.45) is 0 Å². The molecule has 1 aliphatic heterocycles. The van der Waals surface area contributed by atoms with Crippen LogP contribution in [0, 0.1) is 11.6 Å². The summed E-state index contributed by atoms with van der Waals surface area (Å²) in [5.41, 5.74) is 3.18. The van der Waals surface area contributed by atoms with Crippen molar-refractivity contribution in [2.75, 3.05) is 6.54 Å². The average molecular weight is 338 g/mol. The Morgan fingerprint density at radius 3 is 2.52 bits per heavy atom. The third kappa shape index (κ3) is 3.35. The molecule has 2 nitrogen and oxygen atoms in total. The van der Waals surface area contributed by atoms with Crippen molar-refractivity contribution in [1.82, 2.24) is 9.47 Å². The first-order valence-electron chi connectivity index (χ1n) is 8.60. The molecule has 2 aromatic carbocycles. The number of aromatic nitrogens is 1. The van der Waals surface area contributed by atoms with Gasteiger partial charge in [0, 0.05) is 31.5 Å². The van der Waals surface area contributed by atoms with Crippen LogP contribution in [0.4, 0.5) is 8.78 Å². The van der Waals surface area contributed by atoms with Crippen LogP contribution in [0.3, 0.4) is 0 Å². The van der Waals surface area contributed by atoms with Gasteiger partial charge in [-0.05, 0) is 53.9 Å². The molecule has 1 unspecified atom stereocenters. The second-order valence-electron chi connectivity index (χ2n) is 6.53. The zero-order valence-corrected chi connectivity index (χ0v) is 13.9. The normalized spacial score (nSPS) is 17.9. The van der Waals surface area contributed by atoms with E-state index < -0.39 is 0 Å². The molecule has 0 aliphatic carbocycles. The van der Waals surface area contributed by atoms with Crippen molar-refractivity contribution >= 4 is 0 Å². The Kier molecular flexibility index (Phi) is 4.36. The molecule has 4 heteroatoms. The lowest BCUT2D eigenvalue weighted by Crippen LogP contribution is -2.29. The highest BCUT2D eigenvalue weighted by Crippen LogP contribution is 2.33. The lowest BCUT2D eigenvalue weighted by Gasteiger charge is -2.30. The molecule has 3 aromatic rings. The zero-order valence-electron chi connectivity index (χ0n) is 13.9. The van der Waals surface area contributed by atoms with E-state index in [1.54, 1.807) is 12.1 Å². The molecule has 25 heavy (non-hydrogen) atoms. The van der Waals surface area contributed by atoms with E-state index in [0.717, 1.165) is 30.6 Å². The van der Waals surface area contributed by atoms with Crippen LogP contribution in [0.2, 0.25) is 0 Å². The quantitative estimate of drug-likeness (QED) is 0.668. The van der Waals surface area contributed by atoms with Gasteiger partial charge in [0.1, 0.15) is 11.6 Å². The number of benzene rings is 2. The smallest absolute Gasteiger partial charge is 0.123 e. The average Bonchev–Trinajstić information content (AvgIpc) is 2.98. The van der Waals surface area contributed by atoms with Crippen LogP contribution in [0.15, 0.2) is 66.9 Å². The summed E-state index contributed by atoms with van der Waals surface area (Å²) in [6.07, 6.45) is 3.11. The molecule has 0 bridgehead atoms. The number of aryl methyl sites for hydroxylation is 1. The standard InChI is InChI=1S/C21H20F2N2/c22-18-9-7-16(8-10-18)15-25-13-3-12-24-11-2-6-20(24)21(25)17-4-1-5-19(23)14-17/h1-2,4-11,14,21H,3,12-13,15H2. The third-order valence-corrected chi connectivity index (χ3v) is 4.82. The SMILES string of the molecule is Fc1ccc(CN2CCCn3cccc3C2c2cccc(F)c2)cc1. The van der Waals surface area contributed by atoms with Crippen molar-refractivity contribution < 1.29 is 8.78 Å². The van der Waals surface area contributed by atoms with Gasteiger partial charge in [-0.15, -0.1) is 0 Å². The fraction of sp³-hybridized carbons (Fsp3) is 0.238. The molecule has 1 aliphatic rings. The van der Waals surface area contributed by atoms with Crippen molar-refractivity contribution in [2.45, 2.75) is 25.6 Å². The lowest BCUT2D eigenvalue weighted by molar-refractivity contribution is 0.220. The number of hydrogen-bond donors (Lipinski definition) is 0. The maximum absolute atomic E-state index is 13.9. The molecule has 2 heterocycles. The Morgan fingerprint density at radius 1 is 0.880 bits per heavy atom. The first-order valence-corrected chi connectivity index (χ1v) is 8.60. The number of hydrogen-bond acceptors (Lipinski definition) is 1. The van der Waals surface area contributed by atoms with E-state index >= 15 is 0 Å². The summed E-state index contributed by atoms with van der Waals surface area (Å²) >= 11 is 0. The van der Waals surface area contributed by atoms with Gasteiger partial charge in [0.05, 0.1) is 6.04 Å². The fourth-order valence-electron chi connectivity index (χ4n) is 3.69. The van der Waals surface area contributed by atoms with E-state index in [9.17, 15) is 8.78 Å². The van der Waals surface area contributed by atoms with Crippen LogP contribution in [0.5, 0.6) is 0 Å². The Labute approximate surface area is 146 Å². The molecule has 1 atom stereocenters. The van der Waals surface area contributed by atoms with Crippen LogP contribution in [0.25, 0.3) is 0 Å². The summed E-state index contributed by atoms with van der Waals surface area (Å²) in [5.74, 6) is -0.447. The highest BCUT2D eigenvalue weighted by molar-refractivity contribution is 5.30. The molecule has 0 spiro atoms. The second-order valence-corrected chi connectivity index (χ2v) is 6.53. The maximum atomic E-state index is 13.9. The summed E-state index contributed by atoms with van der Waals surface area (Å²) < 4.78 is 29.3. The van der Waals surface area contributed by atoms with Crippen LogP contribution in [-0.2, 0) is 13.1 Å². The Hall–Kier alpha value is -2.46. The minimum Gasteiger partial charge on any atom is -0.350 e. The first-order chi connectivity index (χ1) is 12.2. The van der Waals surface area contributed by atoms with Crippen molar-refractivity contribution in [1.29, 1.82) is 0 Å². The van der Waals surface area contributed by atoms with Crippen molar-refractivity contribution in [3.63, 3.8) is 0 Å². The summed E-state index contributed by atoms with van der Waals surface area (Å²) in [5, 5.41) is 0. The number of halogens is 2. The van der Waals surface area contributed by atoms with Gasteiger partial charge < -0.3 is 4.57 Å². The molecular formula is C21H20F2N2. The summed E-state index contributed by atoms with van der Waals surface area (Å²) in [6.45, 7) is 2.56. The monoisotopic (exact) mass is 338 g/mol. The van der Waals surface area contributed by atoms with E-state index in [4.69, 9.17) is 0 Å². The first kappa shape index (κ1) is 16.0. The van der Waals surface area contributed by atoms with Gasteiger partial charge in [0.2, 0.25) is 0 Å². The Bertz CT molecular complexity index is 854. The molecule has 128 valence electrons. The minimum atomic E-state index is -0.227. The molecule has 0 saturated heterocycles. The molecule has 1 aromatic heterocycles. The highest BCUT2D eigenvalue weighted by atomic mass is 19.1. The van der Waals surface area contributed by atoms with E-state index in [1.165, 1.54) is 23.9 Å². The maximum Gasteiger partial charge on any atom is 0.123 e. The fourth-order valence-corrected chi connectivity index (χ4v) is 3.69. The highest BCUT2D eigenvalue weighted by Gasteiger charge is 2.27. The molecule has 0 fully saturated rings. The van der Waals surface area contributed by atoms with Crippen molar-refractivity contribution in [3.8, 4) is 0 Å². The molecular weight excluding hydrogens is 318 g/mol. The van der Waals surface area contributed by atoms with Gasteiger partial charge in [0.25, 0.3) is 0 Å². The number of fused-ring (bicyclic) bond motifs is 1. The molecule has 0 N–H and O–H groups in total. The van der Waals surface area contributed by atoms with Gasteiger partial charge >= 0.3 is 0 Å². The Morgan fingerprint density at radius 2 is 1.72 bits per heavy atom. The number of nitrogens with zero attached hydrogens (tertiary/aromatic N) is 2. The molecule has 0 saturated carbocycles. The summed E-state index contributed by atoms with van der Waals surface area (Å²) in [4.78, 5) is 2.35. The van der Waals surface area contributed by atoms with Crippen molar-refractivity contribution in [3.05, 3.63) is 95.3 Å². The van der Waals surface area contributed by atoms with Crippen LogP contribution >= 0.6 is 0 Å². The third-order valence-electron chi connectivity index (χ3n) is 4.82. The summed E-state index contributed by atoms with van der Waals surface area (Å²) in [7, 11) is 0. The molecule has 4 rings (SSSR count). The van der Waals surface area contributed by atoms with Gasteiger partial charge in [-0.2, -0.15) is 0 Å². The van der Waals surface area contributed by atoms with E-state index in [1.807, 2.05) is 24.3 Å². The predicted molar refractivity (Wildman–Crippen MR) is 94.1 cm³/mol. The lowest BCUT2D eigenvalue weighted by atomic mass is 10.0. The molecule has 0 amide bonds. The van der Waals surface area contributed by atoms with E-state index in [-0.39, 0.29) is 17.7 Å². The summed E-state index contributed by atoms with van der Waals surface area (Å²) in [6, 6.07) is 17.6. The Balaban J connectivity index is 1.74. The predicted octanol–water partition coefficient (Wildman–Crippen LogP) is 4.76. The van der Waals surface area contributed by atoms with Gasteiger partial charge in [-0.1, -0.05) is 24.3 Å². The van der Waals surface area contributed by atoms with Crippen LogP contribution in [-0.4, -0.2) is 16.0 Å². The van der Waals surface area contributed by atoms with E-state index in [0.29, 0.717) is 6.54 Å². The van der Waals surface area contributed by atoms with Crippen LogP contribution < -0.4 is 0 Å².